The zero-order chi connectivity index (χ0) is 30.5. The van der Waals surface area contributed by atoms with Gasteiger partial charge in [-0.05, 0) is 57.1 Å². The number of nitrogens with one attached hydrogen (secondary N) is 4. The number of nitrogens with zero attached hydrogens (tertiary/aromatic N) is 2. The molecule has 12 heteroatoms. The van der Waals surface area contributed by atoms with Gasteiger partial charge in [-0.2, -0.15) is 5.10 Å². The molecule has 43 heavy (non-hydrogen) atoms. The zero-order valence-corrected chi connectivity index (χ0v) is 25.7. The summed E-state index contributed by atoms with van der Waals surface area (Å²) in [7, 11) is 3.10. The predicted octanol–water partition coefficient (Wildman–Crippen LogP) is 4.81. The number of ether oxygens (including phenoxy) is 2. The fraction of sp³-hybridized carbons (Fsp3) is 0.290. The van der Waals surface area contributed by atoms with Crippen LogP contribution < -0.4 is 25.6 Å². The van der Waals surface area contributed by atoms with E-state index >= 15 is 0 Å². The fourth-order valence-corrected chi connectivity index (χ4v) is 6.59. The van der Waals surface area contributed by atoms with Gasteiger partial charge in [0, 0.05) is 34.8 Å². The third-order valence-electron chi connectivity index (χ3n) is 7.86. The Balaban J connectivity index is 1.31. The van der Waals surface area contributed by atoms with Crippen molar-refractivity contribution in [3.8, 4) is 11.5 Å². The highest BCUT2D eigenvalue weighted by molar-refractivity contribution is 9.10. The minimum absolute atomic E-state index is 0.00588. The molecule has 0 bridgehead atoms. The first-order valence-corrected chi connectivity index (χ1v) is 14.6. The molecule has 6 rings (SSSR count). The van der Waals surface area contributed by atoms with Crippen molar-refractivity contribution in [3.05, 3.63) is 81.2 Å². The molecule has 222 valence electrons. The molecule has 11 nitrogen and oxygen atoms in total. The molecule has 0 fully saturated rings. The minimum atomic E-state index is -0.621. The molecule has 2 aliphatic rings. The molecule has 4 aromatic rings. The number of carbonyl (C=O) groups excluding carboxylic acids is 3. The zero-order valence-electron chi connectivity index (χ0n) is 24.1. The average molecular weight is 648 g/mol. The van der Waals surface area contributed by atoms with Crippen molar-refractivity contribution in [2.75, 3.05) is 19.5 Å². The quantitative estimate of drug-likeness (QED) is 0.221. The van der Waals surface area contributed by atoms with E-state index in [-0.39, 0.29) is 29.1 Å². The second kappa shape index (κ2) is 10.9. The SMILES string of the molecule is COc1cc(C2C3=C(CC(C)(C)CC3=O)Nc3c(C(=O)NNC(=O)Cc4c[nH]c5ccccc45)cnn32)cc(Br)c1OC. The molecule has 4 N–H and O–H groups in total. The predicted molar refractivity (Wildman–Crippen MR) is 164 cm³/mol. The van der Waals surface area contributed by atoms with Gasteiger partial charge < -0.3 is 19.8 Å². The van der Waals surface area contributed by atoms with Crippen LogP contribution in [-0.2, 0) is 16.0 Å². The number of ketones is 1. The Labute approximate surface area is 256 Å². The largest absolute Gasteiger partial charge is 0.493 e. The minimum Gasteiger partial charge on any atom is -0.493 e. The number of hydrogen-bond acceptors (Lipinski definition) is 7. The van der Waals surface area contributed by atoms with Gasteiger partial charge in [-0.15, -0.1) is 0 Å². The van der Waals surface area contributed by atoms with Crippen molar-refractivity contribution in [2.45, 2.75) is 39.2 Å². The van der Waals surface area contributed by atoms with Crippen LogP contribution in [0, 0.1) is 5.41 Å². The van der Waals surface area contributed by atoms with Gasteiger partial charge in [0.05, 0.1) is 31.3 Å². The van der Waals surface area contributed by atoms with E-state index in [2.05, 4.69) is 42.2 Å². The van der Waals surface area contributed by atoms with Crippen LogP contribution >= 0.6 is 15.9 Å². The average Bonchev–Trinajstić information content (AvgIpc) is 3.58. The van der Waals surface area contributed by atoms with E-state index in [1.807, 2.05) is 50.2 Å². The number of fused-ring (bicyclic) bond motifs is 2. The monoisotopic (exact) mass is 646 g/mol. The van der Waals surface area contributed by atoms with Crippen molar-refractivity contribution < 1.29 is 23.9 Å². The molecular formula is C31H31BrN6O5. The number of methoxy groups -OCH3 is 2. The van der Waals surface area contributed by atoms with Crippen molar-refractivity contribution in [1.29, 1.82) is 0 Å². The Morgan fingerprint density at radius 1 is 1.14 bits per heavy atom. The summed E-state index contributed by atoms with van der Waals surface area (Å²) in [5, 5.41) is 8.83. The lowest BCUT2D eigenvalue weighted by Gasteiger charge is -2.39. The number of halogens is 1. The topological polar surface area (TPSA) is 139 Å². The summed E-state index contributed by atoms with van der Waals surface area (Å²) in [5.74, 6) is 0.522. The van der Waals surface area contributed by atoms with Gasteiger partial charge in [-0.25, -0.2) is 4.68 Å². The standard InChI is InChI=1S/C31H31BrN6O5/c1-31(2)12-22-26(23(39)13-31)27(16-9-20(32)28(43-4)24(10-16)42-3)38-29(35-22)19(15-34-38)30(41)37-36-25(40)11-17-14-33-21-8-6-5-7-18(17)21/h5-10,14-15,27,33,35H,11-13H2,1-4H3,(H,36,40)(H,37,41). The van der Waals surface area contributed by atoms with E-state index in [4.69, 9.17) is 9.47 Å². The van der Waals surface area contributed by atoms with Gasteiger partial charge in [0.15, 0.2) is 17.3 Å². The van der Waals surface area contributed by atoms with Crippen LogP contribution in [0.1, 0.15) is 54.2 Å². The number of carbonyl (C=O) groups is 3. The van der Waals surface area contributed by atoms with E-state index < -0.39 is 11.9 Å². The van der Waals surface area contributed by atoms with Crippen LogP contribution in [0.2, 0.25) is 0 Å². The molecule has 0 saturated carbocycles. The van der Waals surface area contributed by atoms with Crippen molar-refractivity contribution >= 4 is 50.2 Å². The molecule has 2 aromatic heterocycles. The van der Waals surface area contributed by atoms with Gasteiger partial charge in [0.1, 0.15) is 17.4 Å². The van der Waals surface area contributed by atoms with E-state index in [1.165, 1.54) is 6.20 Å². The number of benzene rings is 2. The molecule has 1 aliphatic carbocycles. The molecule has 1 atom stereocenters. The van der Waals surface area contributed by atoms with Crippen molar-refractivity contribution in [2.24, 2.45) is 5.41 Å². The summed E-state index contributed by atoms with van der Waals surface area (Å²) in [6, 6.07) is 10.8. The Bertz CT molecular complexity index is 1820. The highest BCUT2D eigenvalue weighted by Gasteiger charge is 2.42. The number of H-pyrrole nitrogens is 1. The number of anilines is 1. The fourth-order valence-electron chi connectivity index (χ4n) is 5.97. The van der Waals surface area contributed by atoms with E-state index in [1.54, 1.807) is 25.1 Å². The van der Waals surface area contributed by atoms with Crippen molar-refractivity contribution in [1.82, 2.24) is 25.6 Å². The summed E-state index contributed by atoms with van der Waals surface area (Å²) in [6.45, 7) is 4.09. The smallest absolute Gasteiger partial charge is 0.275 e. The highest BCUT2D eigenvalue weighted by atomic mass is 79.9. The molecule has 3 heterocycles. The first kappa shape index (κ1) is 28.5. The van der Waals surface area contributed by atoms with Crippen LogP contribution in [0.3, 0.4) is 0 Å². The first-order chi connectivity index (χ1) is 20.6. The van der Waals surface area contributed by atoms with Crippen LogP contribution in [0.25, 0.3) is 10.9 Å². The number of para-hydroxylation sites is 1. The molecule has 0 radical (unpaired) electrons. The van der Waals surface area contributed by atoms with Crippen molar-refractivity contribution in [3.63, 3.8) is 0 Å². The number of hydrazine groups is 1. The lowest BCUT2D eigenvalue weighted by atomic mass is 9.73. The lowest BCUT2D eigenvalue weighted by molar-refractivity contribution is -0.121. The number of amides is 2. The maximum atomic E-state index is 13.6. The maximum Gasteiger partial charge on any atom is 0.275 e. The van der Waals surface area contributed by atoms with Crippen LogP contribution in [0.5, 0.6) is 11.5 Å². The number of Topliss-reactive ketones (excluding diaryl/α,β-unsaturated/α-hetero) is 1. The van der Waals surface area contributed by atoms with Crippen LogP contribution in [-0.4, -0.2) is 46.6 Å². The second-order valence-electron chi connectivity index (χ2n) is 11.5. The summed E-state index contributed by atoms with van der Waals surface area (Å²) in [5.41, 5.74) is 8.80. The summed E-state index contributed by atoms with van der Waals surface area (Å²) < 4.78 is 13.4. The molecule has 2 aromatic carbocycles. The third-order valence-corrected chi connectivity index (χ3v) is 8.45. The Morgan fingerprint density at radius 2 is 1.93 bits per heavy atom. The maximum absolute atomic E-state index is 13.6. The normalized spacial score (nSPS) is 17.1. The Kier molecular flexibility index (Phi) is 7.25. The molecule has 2 amide bonds. The molecular weight excluding hydrogens is 616 g/mol. The summed E-state index contributed by atoms with van der Waals surface area (Å²) >= 11 is 3.57. The molecule has 0 saturated heterocycles. The number of aromatic amines is 1. The number of hydrogen-bond donors (Lipinski definition) is 4. The van der Waals surface area contributed by atoms with E-state index in [9.17, 15) is 14.4 Å². The van der Waals surface area contributed by atoms with Gasteiger partial charge in [-0.1, -0.05) is 32.0 Å². The first-order valence-electron chi connectivity index (χ1n) is 13.8. The Hall–Kier alpha value is -4.58. The lowest BCUT2D eigenvalue weighted by Crippen LogP contribution is -2.43. The molecule has 1 unspecified atom stereocenters. The van der Waals surface area contributed by atoms with Gasteiger partial charge in [0.25, 0.3) is 5.91 Å². The third kappa shape index (κ3) is 5.16. The van der Waals surface area contributed by atoms with Crippen LogP contribution in [0.15, 0.2) is 64.5 Å². The summed E-state index contributed by atoms with van der Waals surface area (Å²) in [4.78, 5) is 42.9. The summed E-state index contributed by atoms with van der Waals surface area (Å²) in [6.07, 6.45) is 4.28. The van der Waals surface area contributed by atoms with E-state index in [0.717, 1.165) is 27.7 Å². The second-order valence-corrected chi connectivity index (χ2v) is 12.3. The highest BCUT2D eigenvalue weighted by Crippen LogP contribution is 2.48. The van der Waals surface area contributed by atoms with Crippen LogP contribution in [0.4, 0.5) is 5.82 Å². The number of allylic oxidation sites excluding steroid dienone is 2. The molecule has 1 aliphatic heterocycles. The van der Waals surface area contributed by atoms with Gasteiger partial charge in [0.2, 0.25) is 5.91 Å². The van der Waals surface area contributed by atoms with Gasteiger partial charge in [-0.3, -0.25) is 25.2 Å². The number of aromatic nitrogens is 3. The van der Waals surface area contributed by atoms with E-state index in [0.29, 0.717) is 40.2 Å². The molecule has 0 spiro atoms. The Morgan fingerprint density at radius 3 is 2.70 bits per heavy atom. The van der Waals surface area contributed by atoms with Gasteiger partial charge >= 0.3 is 0 Å². The number of rotatable bonds is 6.